The predicted molar refractivity (Wildman–Crippen MR) is 127 cm³/mol. The summed E-state index contributed by atoms with van der Waals surface area (Å²) in [6.07, 6.45) is 7.10. The number of nitrogens with one attached hydrogen (secondary N) is 2. The van der Waals surface area contributed by atoms with Crippen molar-refractivity contribution in [2.24, 2.45) is 23.5 Å². The van der Waals surface area contributed by atoms with Gasteiger partial charge in [0.1, 0.15) is 0 Å². The molecule has 174 valence electrons. The first-order chi connectivity index (χ1) is 15.9. The standard InChI is InChI=1S/C24H30FN7O/c1-31(2)9-10-32-8-7-14-12-17(5-6-19(14)32)28-24-27-13-18(25)23(30-24)29-21-16-4-3-15(11-16)20(21)22(26)33/h3-6,12-13,15-16,20-21H,7-11H2,1-2H3,(H2,26,33)(H2,27,28,29,30)/t15-,16+,20+,21-/m1/s1. The van der Waals surface area contributed by atoms with Gasteiger partial charge in [-0.3, -0.25) is 4.79 Å². The largest absolute Gasteiger partial charge is 0.370 e. The van der Waals surface area contributed by atoms with Gasteiger partial charge in [0.05, 0.1) is 12.1 Å². The number of halogens is 1. The first-order valence-electron chi connectivity index (χ1n) is 11.5. The van der Waals surface area contributed by atoms with Gasteiger partial charge in [0.2, 0.25) is 11.9 Å². The Bertz CT molecular complexity index is 1090. The summed E-state index contributed by atoms with van der Waals surface area (Å²) in [6, 6.07) is 5.95. The molecule has 4 N–H and O–H groups in total. The lowest BCUT2D eigenvalue weighted by Gasteiger charge is -2.27. The van der Waals surface area contributed by atoms with Crippen LogP contribution in [0.4, 0.5) is 27.5 Å². The lowest BCUT2D eigenvalue weighted by molar-refractivity contribution is -0.122. The maximum absolute atomic E-state index is 14.5. The maximum atomic E-state index is 14.5. The molecule has 1 saturated carbocycles. The minimum absolute atomic E-state index is 0.0840. The summed E-state index contributed by atoms with van der Waals surface area (Å²) in [7, 11) is 4.16. The highest BCUT2D eigenvalue weighted by Crippen LogP contribution is 2.45. The van der Waals surface area contributed by atoms with Gasteiger partial charge in [-0.05, 0) is 62.5 Å². The van der Waals surface area contributed by atoms with E-state index >= 15 is 0 Å². The molecule has 2 aliphatic carbocycles. The second kappa shape index (κ2) is 8.62. The summed E-state index contributed by atoms with van der Waals surface area (Å²) in [5.74, 6) is -0.646. The molecule has 5 rings (SSSR count). The van der Waals surface area contributed by atoms with Crippen LogP contribution in [0.1, 0.15) is 12.0 Å². The number of allylic oxidation sites excluding steroid dienone is 1. The number of hydrogen-bond acceptors (Lipinski definition) is 7. The Morgan fingerprint density at radius 2 is 2.12 bits per heavy atom. The number of carbonyl (C=O) groups is 1. The second-order valence-electron chi connectivity index (χ2n) is 9.45. The molecule has 2 bridgehead atoms. The number of nitrogens with two attached hydrogens (primary N) is 1. The van der Waals surface area contributed by atoms with Gasteiger partial charge in [0.25, 0.3) is 0 Å². The van der Waals surface area contributed by atoms with Gasteiger partial charge in [0.15, 0.2) is 11.6 Å². The molecule has 2 heterocycles. The fraction of sp³-hybridized carbons (Fsp3) is 0.458. The van der Waals surface area contributed by atoms with E-state index in [-0.39, 0.29) is 35.5 Å². The summed E-state index contributed by atoms with van der Waals surface area (Å²) >= 11 is 0. The van der Waals surface area contributed by atoms with E-state index in [1.807, 2.05) is 12.1 Å². The highest BCUT2D eigenvalue weighted by molar-refractivity contribution is 5.79. The third-order valence-corrected chi connectivity index (χ3v) is 6.98. The van der Waals surface area contributed by atoms with E-state index in [4.69, 9.17) is 5.73 Å². The Morgan fingerprint density at radius 1 is 1.30 bits per heavy atom. The van der Waals surface area contributed by atoms with Crippen molar-refractivity contribution >= 4 is 29.0 Å². The zero-order chi connectivity index (χ0) is 23.1. The highest BCUT2D eigenvalue weighted by atomic mass is 19.1. The summed E-state index contributed by atoms with van der Waals surface area (Å²) in [6.45, 7) is 3.01. The van der Waals surface area contributed by atoms with Crippen LogP contribution in [0.15, 0.2) is 36.5 Å². The summed E-state index contributed by atoms with van der Waals surface area (Å²) < 4.78 is 14.5. The number of benzene rings is 1. The van der Waals surface area contributed by atoms with Gasteiger partial charge in [-0.2, -0.15) is 4.98 Å². The fourth-order valence-electron chi connectivity index (χ4n) is 5.32. The number of primary amides is 1. The molecule has 1 aliphatic heterocycles. The molecule has 8 nitrogen and oxygen atoms in total. The minimum Gasteiger partial charge on any atom is -0.370 e. The smallest absolute Gasteiger partial charge is 0.229 e. The molecule has 9 heteroatoms. The number of fused-ring (bicyclic) bond motifs is 3. The number of hydrogen-bond donors (Lipinski definition) is 3. The first-order valence-corrected chi connectivity index (χ1v) is 11.5. The Hall–Kier alpha value is -3.20. The Labute approximate surface area is 193 Å². The van der Waals surface area contributed by atoms with Crippen molar-refractivity contribution in [3.8, 4) is 0 Å². The highest BCUT2D eigenvalue weighted by Gasteiger charge is 2.47. The van der Waals surface area contributed by atoms with E-state index in [0.29, 0.717) is 5.95 Å². The van der Waals surface area contributed by atoms with Gasteiger partial charge in [-0.25, -0.2) is 9.37 Å². The average molecular weight is 452 g/mol. The number of aromatic nitrogens is 2. The minimum atomic E-state index is -0.555. The van der Waals surface area contributed by atoms with E-state index in [1.165, 1.54) is 11.3 Å². The van der Waals surface area contributed by atoms with Gasteiger partial charge < -0.3 is 26.2 Å². The van der Waals surface area contributed by atoms with Crippen molar-refractivity contribution in [1.29, 1.82) is 0 Å². The maximum Gasteiger partial charge on any atom is 0.229 e. The van der Waals surface area contributed by atoms with Crippen LogP contribution in [0.5, 0.6) is 0 Å². The molecule has 1 fully saturated rings. The van der Waals surface area contributed by atoms with Crippen LogP contribution in [0.25, 0.3) is 0 Å². The number of rotatable bonds is 8. The van der Waals surface area contributed by atoms with Gasteiger partial charge in [-0.15, -0.1) is 0 Å². The number of anilines is 4. The summed E-state index contributed by atoms with van der Waals surface area (Å²) in [5.41, 5.74) is 9.02. The lowest BCUT2D eigenvalue weighted by Crippen LogP contribution is -2.41. The van der Waals surface area contributed by atoms with Crippen LogP contribution in [0, 0.1) is 23.6 Å². The third-order valence-electron chi connectivity index (χ3n) is 6.98. The first kappa shape index (κ1) is 21.6. The second-order valence-corrected chi connectivity index (χ2v) is 9.45. The van der Waals surface area contributed by atoms with Gasteiger partial charge >= 0.3 is 0 Å². The molecular formula is C24H30FN7O. The zero-order valence-corrected chi connectivity index (χ0v) is 19.0. The molecule has 4 atom stereocenters. The van der Waals surface area contributed by atoms with Crippen molar-refractivity contribution in [2.75, 3.05) is 49.3 Å². The molecule has 0 unspecified atom stereocenters. The van der Waals surface area contributed by atoms with Crippen molar-refractivity contribution < 1.29 is 9.18 Å². The van der Waals surface area contributed by atoms with Crippen LogP contribution in [-0.2, 0) is 11.2 Å². The average Bonchev–Trinajstić information content (AvgIpc) is 3.49. The number of likely N-dealkylation sites (N-methyl/N-ethyl adjacent to an activating group) is 1. The number of carbonyl (C=O) groups excluding carboxylic acids is 1. The van der Waals surface area contributed by atoms with Crippen molar-refractivity contribution in [3.05, 3.63) is 47.9 Å². The lowest BCUT2D eigenvalue weighted by atomic mass is 9.88. The molecule has 1 amide bonds. The van der Waals surface area contributed by atoms with Crippen molar-refractivity contribution in [1.82, 2.24) is 14.9 Å². The van der Waals surface area contributed by atoms with E-state index in [9.17, 15) is 9.18 Å². The number of nitrogens with zero attached hydrogens (tertiary/aromatic N) is 4. The van der Waals surface area contributed by atoms with Crippen molar-refractivity contribution in [3.63, 3.8) is 0 Å². The monoisotopic (exact) mass is 451 g/mol. The van der Waals surface area contributed by atoms with Crippen LogP contribution in [-0.4, -0.2) is 60.5 Å². The zero-order valence-electron chi connectivity index (χ0n) is 19.0. The molecular weight excluding hydrogens is 421 g/mol. The molecule has 2 aromatic rings. The summed E-state index contributed by atoms with van der Waals surface area (Å²) in [5, 5.41) is 6.34. The van der Waals surface area contributed by atoms with E-state index in [0.717, 1.165) is 44.4 Å². The van der Waals surface area contributed by atoms with Crippen LogP contribution < -0.4 is 21.3 Å². The normalized spacial score (nSPS) is 25.0. The molecule has 1 aromatic heterocycles. The predicted octanol–water partition coefficient (Wildman–Crippen LogP) is 2.37. The Morgan fingerprint density at radius 3 is 2.91 bits per heavy atom. The van der Waals surface area contributed by atoms with E-state index in [2.05, 4.69) is 62.7 Å². The molecule has 0 saturated heterocycles. The topological polar surface area (TPSA) is 99.4 Å². The van der Waals surface area contributed by atoms with Crippen LogP contribution in [0.2, 0.25) is 0 Å². The Balaban J connectivity index is 1.30. The fourth-order valence-corrected chi connectivity index (χ4v) is 5.32. The molecule has 0 radical (unpaired) electrons. The quantitative estimate of drug-likeness (QED) is 0.530. The van der Waals surface area contributed by atoms with E-state index < -0.39 is 5.82 Å². The summed E-state index contributed by atoms with van der Waals surface area (Å²) in [4.78, 5) is 25.0. The van der Waals surface area contributed by atoms with Crippen molar-refractivity contribution in [2.45, 2.75) is 18.9 Å². The van der Waals surface area contributed by atoms with Crippen LogP contribution >= 0.6 is 0 Å². The third kappa shape index (κ3) is 4.25. The SMILES string of the molecule is CN(C)CCN1CCc2cc(Nc3ncc(F)c(N[C@H]4[C@@H](C(N)=O)[C@@H]5C=C[C@H]4C5)n3)ccc21. The molecule has 3 aliphatic rings. The molecule has 1 aromatic carbocycles. The van der Waals surface area contributed by atoms with E-state index in [1.54, 1.807) is 0 Å². The molecule has 33 heavy (non-hydrogen) atoms. The van der Waals surface area contributed by atoms with Gasteiger partial charge in [-0.1, -0.05) is 12.2 Å². The van der Waals surface area contributed by atoms with Gasteiger partial charge in [0, 0.05) is 37.1 Å². The number of amides is 1. The Kier molecular flexibility index (Phi) is 5.65. The molecule has 0 spiro atoms. The van der Waals surface area contributed by atoms with Crippen LogP contribution in [0.3, 0.4) is 0 Å².